The van der Waals surface area contributed by atoms with Crippen LogP contribution in [0.3, 0.4) is 0 Å². The predicted molar refractivity (Wildman–Crippen MR) is 184 cm³/mol. The molecule has 0 fully saturated rings. The summed E-state index contributed by atoms with van der Waals surface area (Å²) in [5.41, 5.74) is 8.09. The first-order valence-corrected chi connectivity index (χ1v) is 15.7. The first-order chi connectivity index (χ1) is 20.9. The smallest absolute Gasteiger partial charge is 0.206 e. The largest absolute Gasteiger partial charge is 0.311 e. The van der Waals surface area contributed by atoms with Gasteiger partial charge in [0, 0.05) is 34.1 Å². The lowest BCUT2D eigenvalue weighted by Gasteiger charge is -2.26. The number of benzene rings is 6. The Hall–Kier alpha value is -5.00. The molecule has 0 radical (unpaired) electrons. The Kier molecular flexibility index (Phi) is 7.91. The molecular formula is C36H30B2N2O2S. The zero-order valence-corrected chi connectivity index (χ0v) is 24.9. The van der Waals surface area contributed by atoms with Crippen LogP contribution in [0.15, 0.2) is 168 Å². The Bertz CT molecular complexity index is 1780. The third kappa shape index (κ3) is 5.99. The van der Waals surface area contributed by atoms with E-state index in [-0.39, 0.29) is 9.79 Å². The van der Waals surface area contributed by atoms with Gasteiger partial charge in [0.2, 0.25) is 9.84 Å². The summed E-state index contributed by atoms with van der Waals surface area (Å²) in [5, 5.41) is 0. The van der Waals surface area contributed by atoms with Crippen molar-refractivity contribution < 1.29 is 8.42 Å². The molecule has 0 saturated heterocycles. The molecule has 0 spiro atoms. The van der Waals surface area contributed by atoms with Gasteiger partial charge in [-0.25, -0.2) is 8.42 Å². The van der Waals surface area contributed by atoms with E-state index in [4.69, 9.17) is 0 Å². The Morgan fingerprint density at radius 3 is 0.907 bits per heavy atom. The number of hydrogen-bond acceptors (Lipinski definition) is 4. The number of anilines is 6. The minimum Gasteiger partial charge on any atom is -0.311 e. The van der Waals surface area contributed by atoms with Crippen molar-refractivity contribution >= 4 is 70.6 Å². The van der Waals surface area contributed by atoms with Gasteiger partial charge in [-0.15, -0.1) is 0 Å². The minimum absolute atomic E-state index is 0.249. The van der Waals surface area contributed by atoms with E-state index in [1.807, 2.05) is 84.9 Å². The summed E-state index contributed by atoms with van der Waals surface area (Å²) >= 11 is 0. The van der Waals surface area contributed by atoms with Gasteiger partial charge in [-0.1, -0.05) is 71.6 Å². The highest BCUT2D eigenvalue weighted by molar-refractivity contribution is 7.91. The first kappa shape index (κ1) is 28.1. The molecule has 0 atom stereocenters. The van der Waals surface area contributed by atoms with E-state index >= 15 is 0 Å². The van der Waals surface area contributed by atoms with Crippen molar-refractivity contribution in [2.45, 2.75) is 9.79 Å². The second kappa shape index (κ2) is 12.1. The van der Waals surface area contributed by atoms with Crippen LogP contribution in [0.2, 0.25) is 0 Å². The van der Waals surface area contributed by atoms with Gasteiger partial charge >= 0.3 is 0 Å². The van der Waals surface area contributed by atoms with Gasteiger partial charge in [-0.2, -0.15) is 0 Å². The summed E-state index contributed by atoms with van der Waals surface area (Å²) in [6.45, 7) is 0. The van der Waals surface area contributed by atoms with E-state index in [0.717, 1.165) is 34.1 Å². The molecule has 0 unspecified atom stereocenters. The Morgan fingerprint density at radius 1 is 0.349 bits per heavy atom. The van der Waals surface area contributed by atoms with Crippen LogP contribution >= 0.6 is 0 Å². The molecule has 0 heterocycles. The molecule has 7 heteroatoms. The summed E-state index contributed by atoms with van der Waals surface area (Å²) in [5.74, 6) is 0. The molecule has 0 aromatic heterocycles. The fourth-order valence-electron chi connectivity index (χ4n) is 5.12. The average Bonchev–Trinajstić information content (AvgIpc) is 3.05. The van der Waals surface area contributed by atoms with Crippen LogP contribution in [-0.4, -0.2) is 24.1 Å². The molecular weight excluding hydrogens is 546 g/mol. The van der Waals surface area contributed by atoms with Crippen molar-refractivity contribution in [3.8, 4) is 0 Å². The van der Waals surface area contributed by atoms with Crippen LogP contribution < -0.4 is 20.7 Å². The maximum Gasteiger partial charge on any atom is 0.206 e. The van der Waals surface area contributed by atoms with Gasteiger partial charge in [-0.3, -0.25) is 0 Å². The van der Waals surface area contributed by atoms with E-state index in [1.54, 1.807) is 24.3 Å². The number of hydrogen-bond donors (Lipinski definition) is 0. The van der Waals surface area contributed by atoms with Crippen molar-refractivity contribution in [3.63, 3.8) is 0 Å². The topological polar surface area (TPSA) is 40.6 Å². The molecule has 6 aromatic carbocycles. The molecule has 4 nitrogen and oxygen atoms in total. The second-order valence-electron chi connectivity index (χ2n) is 10.5. The summed E-state index contributed by atoms with van der Waals surface area (Å²) < 4.78 is 27.4. The third-order valence-electron chi connectivity index (χ3n) is 7.42. The molecule has 0 aliphatic rings. The van der Waals surface area contributed by atoms with Crippen molar-refractivity contribution in [2.75, 3.05) is 9.80 Å². The van der Waals surface area contributed by atoms with E-state index in [2.05, 4.69) is 74.0 Å². The molecule has 0 N–H and O–H groups in total. The lowest BCUT2D eigenvalue weighted by molar-refractivity contribution is 0.596. The second-order valence-corrected chi connectivity index (χ2v) is 12.5. The van der Waals surface area contributed by atoms with Gasteiger partial charge in [-0.05, 0) is 97.1 Å². The highest BCUT2D eigenvalue weighted by atomic mass is 32.2. The molecule has 0 amide bonds. The zero-order valence-electron chi connectivity index (χ0n) is 24.1. The van der Waals surface area contributed by atoms with Gasteiger partial charge in [0.05, 0.1) is 9.79 Å². The van der Waals surface area contributed by atoms with Crippen LogP contribution in [0.4, 0.5) is 34.1 Å². The highest BCUT2D eigenvalue weighted by Crippen LogP contribution is 2.37. The molecule has 43 heavy (non-hydrogen) atoms. The normalized spacial score (nSPS) is 11.2. The maximum atomic E-state index is 13.7. The fraction of sp³-hybridized carbons (Fsp3) is 0. The average molecular weight is 576 g/mol. The van der Waals surface area contributed by atoms with E-state index in [9.17, 15) is 8.42 Å². The van der Waals surface area contributed by atoms with Gasteiger partial charge in [0.1, 0.15) is 15.7 Å². The summed E-state index contributed by atoms with van der Waals surface area (Å²) in [4.78, 5) is 4.74. The highest BCUT2D eigenvalue weighted by Gasteiger charge is 2.20. The van der Waals surface area contributed by atoms with Gasteiger partial charge in [0.25, 0.3) is 0 Å². The quantitative estimate of drug-likeness (QED) is 0.209. The van der Waals surface area contributed by atoms with E-state index in [1.165, 1.54) is 10.9 Å². The summed E-state index contributed by atoms with van der Waals surface area (Å²) in [7, 11) is 0.389. The third-order valence-corrected chi connectivity index (χ3v) is 9.21. The Labute approximate surface area is 255 Å². The molecule has 0 aliphatic carbocycles. The lowest BCUT2D eigenvalue weighted by Crippen LogP contribution is -2.12. The van der Waals surface area contributed by atoms with Crippen molar-refractivity contribution in [1.29, 1.82) is 0 Å². The zero-order chi connectivity index (χ0) is 29.8. The number of rotatable bonds is 8. The van der Waals surface area contributed by atoms with Gasteiger partial charge in [0.15, 0.2) is 0 Å². The minimum atomic E-state index is -3.73. The van der Waals surface area contributed by atoms with Crippen LogP contribution in [0.5, 0.6) is 0 Å². The maximum absolute atomic E-state index is 13.7. The molecule has 0 aliphatic heterocycles. The van der Waals surface area contributed by atoms with Crippen molar-refractivity contribution in [2.24, 2.45) is 0 Å². The molecule has 6 rings (SSSR count). The van der Waals surface area contributed by atoms with Crippen LogP contribution in [-0.2, 0) is 9.84 Å². The Morgan fingerprint density at radius 2 is 0.605 bits per heavy atom. The number of sulfone groups is 1. The Balaban J connectivity index is 1.31. The predicted octanol–water partition coefficient (Wildman–Crippen LogP) is 5.98. The van der Waals surface area contributed by atoms with E-state index < -0.39 is 9.84 Å². The molecule has 0 saturated carbocycles. The fourth-order valence-corrected chi connectivity index (χ4v) is 6.38. The van der Waals surface area contributed by atoms with Crippen LogP contribution in [0.25, 0.3) is 0 Å². The summed E-state index contributed by atoms with van der Waals surface area (Å²) in [6.07, 6.45) is 0. The molecule has 0 bridgehead atoms. The lowest BCUT2D eigenvalue weighted by atomic mass is 9.96. The van der Waals surface area contributed by atoms with Crippen LogP contribution in [0.1, 0.15) is 0 Å². The molecule has 6 aromatic rings. The van der Waals surface area contributed by atoms with Gasteiger partial charge < -0.3 is 9.80 Å². The molecule has 208 valence electrons. The first-order valence-electron chi connectivity index (χ1n) is 14.2. The number of nitrogens with zero attached hydrogens (tertiary/aromatic N) is 2. The number of para-hydroxylation sites is 2. The van der Waals surface area contributed by atoms with Crippen LogP contribution in [0, 0.1) is 0 Å². The van der Waals surface area contributed by atoms with Crippen molar-refractivity contribution in [1.82, 2.24) is 0 Å². The standard InChI is InChI=1S/C36H30B2N2O2S/c37-27-11-15-31(16-12-27)39(29-7-3-1-4-8-29)33-19-23-35(24-20-33)43(41,42)36-25-21-34(22-26-36)40(30-9-5-2-6-10-30)32-17-13-28(38)14-18-32/h1-26H,37-38H2. The summed E-state index contributed by atoms with van der Waals surface area (Å²) in [6, 6.07) is 50.9. The SMILES string of the molecule is Bc1ccc(N(c2ccccc2)c2ccc(S(=O)(=O)c3ccc(N(c4ccccc4)c4ccc(B)cc4)cc3)cc2)cc1. The van der Waals surface area contributed by atoms with E-state index in [0.29, 0.717) is 0 Å². The van der Waals surface area contributed by atoms with Crippen molar-refractivity contribution in [3.05, 3.63) is 158 Å². The monoisotopic (exact) mass is 576 g/mol.